The van der Waals surface area contributed by atoms with Crippen molar-refractivity contribution in [1.29, 1.82) is 0 Å². The highest BCUT2D eigenvalue weighted by atomic mass is 15.0. The second-order valence-corrected chi connectivity index (χ2v) is 13.9. The third-order valence-corrected chi connectivity index (χ3v) is 10.9. The third kappa shape index (κ3) is 6.09. The van der Waals surface area contributed by atoms with E-state index in [9.17, 15) is 0 Å². The van der Waals surface area contributed by atoms with Crippen molar-refractivity contribution in [1.82, 2.24) is 15.0 Å². The van der Waals surface area contributed by atoms with E-state index in [2.05, 4.69) is 158 Å². The molecule has 0 N–H and O–H groups in total. The number of rotatable bonds is 7. The average molecular weight is 670 g/mol. The van der Waals surface area contributed by atoms with E-state index in [1.54, 1.807) is 0 Å². The first-order valence-electron chi connectivity index (χ1n) is 18.4. The van der Waals surface area contributed by atoms with Crippen LogP contribution in [0.1, 0.15) is 43.2 Å². The number of hydrogen-bond acceptors (Lipinski definition) is 3. The van der Waals surface area contributed by atoms with E-state index in [-0.39, 0.29) is 5.41 Å². The molecule has 1 aliphatic carbocycles. The first-order chi connectivity index (χ1) is 25.7. The summed E-state index contributed by atoms with van der Waals surface area (Å²) in [5.74, 6) is 2.04. The molecule has 0 saturated heterocycles. The van der Waals surface area contributed by atoms with Crippen LogP contribution in [0.25, 0.3) is 67.2 Å². The van der Waals surface area contributed by atoms with Crippen molar-refractivity contribution in [3.05, 3.63) is 187 Å². The van der Waals surface area contributed by atoms with E-state index < -0.39 is 0 Å². The van der Waals surface area contributed by atoms with Gasteiger partial charge in [-0.1, -0.05) is 195 Å². The molecule has 0 aliphatic heterocycles. The van der Waals surface area contributed by atoms with Gasteiger partial charge >= 0.3 is 0 Å². The Labute approximate surface area is 305 Å². The number of benzene rings is 7. The lowest BCUT2D eigenvalue weighted by molar-refractivity contribution is 0.346. The van der Waals surface area contributed by atoms with Crippen LogP contribution in [-0.2, 0) is 5.41 Å². The van der Waals surface area contributed by atoms with Gasteiger partial charge in [-0.25, -0.2) is 15.0 Å². The Morgan fingerprint density at radius 3 is 1.35 bits per heavy atom. The summed E-state index contributed by atoms with van der Waals surface area (Å²) in [6.07, 6.45) is 6.04. The predicted octanol–water partition coefficient (Wildman–Crippen LogP) is 12.6. The lowest BCUT2D eigenvalue weighted by Gasteiger charge is -2.39. The van der Waals surface area contributed by atoms with E-state index in [4.69, 9.17) is 15.0 Å². The number of fused-ring (bicyclic) bond motifs is 1. The topological polar surface area (TPSA) is 38.7 Å². The van der Waals surface area contributed by atoms with Crippen molar-refractivity contribution >= 4 is 10.8 Å². The van der Waals surface area contributed by atoms with Crippen molar-refractivity contribution < 1.29 is 0 Å². The largest absolute Gasteiger partial charge is 0.208 e. The van der Waals surface area contributed by atoms with Crippen LogP contribution in [0.2, 0.25) is 0 Å². The smallest absolute Gasteiger partial charge is 0.164 e. The fourth-order valence-corrected chi connectivity index (χ4v) is 8.07. The second kappa shape index (κ2) is 13.8. The van der Waals surface area contributed by atoms with Crippen LogP contribution < -0.4 is 0 Å². The molecule has 0 spiro atoms. The molecule has 1 aliphatic rings. The van der Waals surface area contributed by atoms with Crippen molar-refractivity contribution in [3.63, 3.8) is 0 Å². The van der Waals surface area contributed by atoms with Crippen molar-refractivity contribution in [2.45, 2.75) is 37.5 Å². The molecule has 9 rings (SSSR count). The Balaban J connectivity index is 1.06. The molecule has 52 heavy (non-hydrogen) atoms. The van der Waals surface area contributed by atoms with E-state index in [1.165, 1.54) is 58.0 Å². The summed E-state index contributed by atoms with van der Waals surface area (Å²) in [6.45, 7) is 0. The normalized spacial score (nSPS) is 13.9. The van der Waals surface area contributed by atoms with Crippen LogP contribution in [-0.4, -0.2) is 15.0 Å². The van der Waals surface area contributed by atoms with Gasteiger partial charge in [-0.2, -0.15) is 0 Å². The molecular weight excluding hydrogens is 631 g/mol. The fourth-order valence-electron chi connectivity index (χ4n) is 8.07. The van der Waals surface area contributed by atoms with E-state index in [0.29, 0.717) is 17.5 Å². The molecule has 8 aromatic rings. The Bertz CT molecular complexity index is 2440. The fraction of sp³-hybridized carbons (Fsp3) is 0.122. The minimum Gasteiger partial charge on any atom is -0.208 e. The Morgan fingerprint density at radius 1 is 0.327 bits per heavy atom. The van der Waals surface area contributed by atoms with Crippen molar-refractivity contribution in [2.75, 3.05) is 0 Å². The van der Waals surface area contributed by atoms with Gasteiger partial charge < -0.3 is 0 Å². The molecule has 1 fully saturated rings. The molecule has 7 aromatic carbocycles. The second-order valence-electron chi connectivity index (χ2n) is 13.9. The van der Waals surface area contributed by atoms with Gasteiger partial charge in [-0.3, -0.25) is 0 Å². The number of hydrogen-bond donors (Lipinski definition) is 0. The summed E-state index contributed by atoms with van der Waals surface area (Å²) in [7, 11) is 0. The first-order valence-corrected chi connectivity index (χ1v) is 18.4. The van der Waals surface area contributed by atoms with Gasteiger partial charge in [0.05, 0.1) is 0 Å². The number of nitrogens with zero attached hydrogens (tertiary/aromatic N) is 3. The molecule has 0 atom stereocenters. The lowest BCUT2D eigenvalue weighted by atomic mass is 9.65. The van der Waals surface area contributed by atoms with Crippen LogP contribution >= 0.6 is 0 Å². The first kappa shape index (κ1) is 31.8. The Kier molecular flexibility index (Phi) is 8.46. The summed E-state index contributed by atoms with van der Waals surface area (Å²) in [4.78, 5) is 15.2. The summed E-state index contributed by atoms with van der Waals surface area (Å²) in [5.41, 5.74) is 10.7. The Morgan fingerprint density at radius 2 is 0.750 bits per heavy atom. The van der Waals surface area contributed by atoms with E-state index in [0.717, 1.165) is 34.9 Å². The van der Waals surface area contributed by atoms with Crippen LogP contribution in [0.4, 0.5) is 0 Å². The maximum absolute atomic E-state index is 5.11. The van der Waals surface area contributed by atoms with E-state index in [1.807, 2.05) is 18.2 Å². The zero-order valence-electron chi connectivity index (χ0n) is 29.1. The van der Waals surface area contributed by atoms with Gasteiger partial charge in [-0.05, 0) is 57.0 Å². The monoisotopic (exact) mass is 669 g/mol. The number of aromatic nitrogens is 3. The third-order valence-electron chi connectivity index (χ3n) is 10.9. The quantitative estimate of drug-likeness (QED) is 0.169. The Hall–Kier alpha value is -6.19. The zero-order chi connectivity index (χ0) is 34.7. The highest BCUT2D eigenvalue weighted by Gasteiger charge is 2.35. The molecule has 0 bridgehead atoms. The van der Waals surface area contributed by atoms with Gasteiger partial charge in [0.15, 0.2) is 17.5 Å². The summed E-state index contributed by atoms with van der Waals surface area (Å²) < 4.78 is 0. The van der Waals surface area contributed by atoms with Gasteiger partial charge in [-0.15, -0.1) is 0 Å². The standard InChI is InChI=1S/C49H39N3/c1-4-13-35(14-5-1)36-21-23-37(24-22-36)38-25-29-42(30-26-38)49(33-10-3-11-34-49)43-31-27-41(28-32-43)47-50-46(40-16-6-2-7-17-40)51-48(52-47)45-20-12-18-39-15-8-9-19-44(39)45/h1-2,4-9,12-32H,3,10-11,33-34H2. The molecule has 250 valence electrons. The van der Waals surface area contributed by atoms with Crippen LogP contribution in [0.3, 0.4) is 0 Å². The van der Waals surface area contributed by atoms with Gasteiger partial charge in [0.1, 0.15) is 0 Å². The minimum atomic E-state index is -0.0190. The SMILES string of the molecule is c1ccc(-c2ccc(-c3ccc(C4(c5ccc(-c6nc(-c7ccccc7)nc(-c7cccc8ccccc78)n6)cc5)CCCCC4)cc3)cc2)cc1. The molecular formula is C49H39N3. The van der Waals surface area contributed by atoms with E-state index >= 15 is 0 Å². The highest BCUT2D eigenvalue weighted by Crippen LogP contribution is 2.46. The van der Waals surface area contributed by atoms with Gasteiger partial charge in [0, 0.05) is 22.1 Å². The lowest BCUT2D eigenvalue weighted by Crippen LogP contribution is -2.30. The summed E-state index contributed by atoms with van der Waals surface area (Å²) >= 11 is 0. The predicted molar refractivity (Wildman–Crippen MR) is 215 cm³/mol. The van der Waals surface area contributed by atoms with Crippen molar-refractivity contribution in [3.8, 4) is 56.4 Å². The zero-order valence-corrected chi connectivity index (χ0v) is 29.1. The molecule has 0 amide bonds. The minimum absolute atomic E-state index is 0.0190. The summed E-state index contributed by atoms with van der Waals surface area (Å²) in [5, 5.41) is 2.30. The van der Waals surface area contributed by atoms with Gasteiger partial charge in [0.2, 0.25) is 0 Å². The molecule has 1 heterocycles. The molecule has 0 radical (unpaired) electrons. The maximum Gasteiger partial charge on any atom is 0.164 e. The average Bonchev–Trinajstić information content (AvgIpc) is 3.24. The van der Waals surface area contributed by atoms with Crippen LogP contribution in [0.5, 0.6) is 0 Å². The molecule has 3 heteroatoms. The molecule has 3 nitrogen and oxygen atoms in total. The maximum atomic E-state index is 5.11. The molecule has 0 unspecified atom stereocenters. The van der Waals surface area contributed by atoms with Crippen LogP contribution in [0, 0.1) is 0 Å². The highest BCUT2D eigenvalue weighted by molar-refractivity contribution is 5.95. The summed E-state index contributed by atoms with van der Waals surface area (Å²) in [6, 6.07) is 62.9. The molecule has 1 saturated carbocycles. The molecule has 1 aromatic heterocycles. The van der Waals surface area contributed by atoms with Crippen LogP contribution in [0.15, 0.2) is 176 Å². The van der Waals surface area contributed by atoms with Gasteiger partial charge in [0.25, 0.3) is 0 Å². The van der Waals surface area contributed by atoms with Crippen molar-refractivity contribution in [2.24, 2.45) is 0 Å².